The predicted octanol–water partition coefficient (Wildman–Crippen LogP) is 2.86. The molecule has 0 amide bonds. The van der Waals surface area contributed by atoms with E-state index in [4.69, 9.17) is 0 Å². The van der Waals surface area contributed by atoms with Gasteiger partial charge in [-0.25, -0.2) is 0 Å². The summed E-state index contributed by atoms with van der Waals surface area (Å²) >= 11 is 0. The Kier molecular flexibility index (Phi) is 2.36. The minimum absolute atomic E-state index is 0.545. The number of hydrogen-bond acceptors (Lipinski definition) is 2. The molecule has 1 aliphatic rings. The summed E-state index contributed by atoms with van der Waals surface area (Å²) < 4.78 is 0. The smallest absolute Gasteiger partial charge is 0.0608 e. The highest BCUT2D eigenvalue weighted by molar-refractivity contribution is 5.74. The van der Waals surface area contributed by atoms with Crippen molar-refractivity contribution in [3.63, 3.8) is 0 Å². The molecule has 2 rings (SSSR count). The summed E-state index contributed by atoms with van der Waals surface area (Å²) in [7, 11) is 0. The van der Waals surface area contributed by atoms with E-state index in [1.165, 1.54) is 16.9 Å². The van der Waals surface area contributed by atoms with Crippen LogP contribution in [0.4, 0.5) is 11.4 Å². The minimum Gasteiger partial charge on any atom is -0.381 e. The topological polar surface area (TPSA) is 24.1 Å². The Morgan fingerprint density at radius 3 is 2.86 bits per heavy atom. The standard InChI is InChI=1S/C12H18N2/c1-8(2)11-7-13-10-6-4-5-9(3)12(10)14-11/h4-6,8,11,13-14H,7H2,1-3H3. The van der Waals surface area contributed by atoms with Gasteiger partial charge in [-0.1, -0.05) is 26.0 Å². The molecule has 14 heavy (non-hydrogen) atoms. The Labute approximate surface area is 85.7 Å². The number of nitrogens with one attached hydrogen (secondary N) is 2. The minimum atomic E-state index is 0.545. The highest BCUT2D eigenvalue weighted by Crippen LogP contribution is 2.30. The van der Waals surface area contributed by atoms with Crippen LogP contribution in [0.25, 0.3) is 0 Å². The maximum atomic E-state index is 3.60. The predicted molar refractivity (Wildman–Crippen MR) is 61.9 cm³/mol. The number of rotatable bonds is 1. The molecule has 1 aromatic carbocycles. The van der Waals surface area contributed by atoms with E-state index in [1.54, 1.807) is 0 Å². The number of benzene rings is 1. The molecule has 0 aliphatic carbocycles. The Hall–Kier alpha value is -1.18. The number of fused-ring (bicyclic) bond motifs is 1. The van der Waals surface area contributed by atoms with Crippen LogP contribution in [-0.4, -0.2) is 12.6 Å². The molecule has 0 saturated heterocycles. The molecule has 2 nitrogen and oxygen atoms in total. The molecule has 1 aliphatic heterocycles. The zero-order chi connectivity index (χ0) is 10.1. The second-order valence-corrected chi connectivity index (χ2v) is 4.37. The molecule has 76 valence electrons. The van der Waals surface area contributed by atoms with Gasteiger partial charge in [0.2, 0.25) is 0 Å². The van der Waals surface area contributed by atoms with Crippen molar-refractivity contribution < 1.29 is 0 Å². The van der Waals surface area contributed by atoms with Gasteiger partial charge < -0.3 is 10.6 Å². The van der Waals surface area contributed by atoms with Gasteiger partial charge in [-0.05, 0) is 24.5 Å². The molecule has 0 bridgehead atoms. The summed E-state index contributed by atoms with van der Waals surface area (Å²) in [6.07, 6.45) is 0. The molecule has 2 N–H and O–H groups in total. The van der Waals surface area contributed by atoms with Gasteiger partial charge in [0.25, 0.3) is 0 Å². The van der Waals surface area contributed by atoms with Crippen LogP contribution in [0.3, 0.4) is 0 Å². The van der Waals surface area contributed by atoms with E-state index in [0.29, 0.717) is 12.0 Å². The first kappa shape index (κ1) is 9.38. The lowest BCUT2D eigenvalue weighted by Crippen LogP contribution is -2.37. The van der Waals surface area contributed by atoms with Crippen LogP contribution in [-0.2, 0) is 0 Å². The molecule has 0 radical (unpaired) electrons. The van der Waals surface area contributed by atoms with Crippen LogP contribution in [0.15, 0.2) is 18.2 Å². The molecule has 1 aromatic rings. The average molecular weight is 190 g/mol. The molecule has 0 spiro atoms. The highest BCUT2D eigenvalue weighted by atomic mass is 15.1. The van der Waals surface area contributed by atoms with Gasteiger partial charge in [0.15, 0.2) is 0 Å². The summed E-state index contributed by atoms with van der Waals surface area (Å²) in [4.78, 5) is 0. The largest absolute Gasteiger partial charge is 0.381 e. The van der Waals surface area contributed by atoms with Crippen molar-refractivity contribution in [2.24, 2.45) is 5.92 Å². The van der Waals surface area contributed by atoms with Gasteiger partial charge in [0, 0.05) is 12.6 Å². The second kappa shape index (κ2) is 3.52. The molecule has 1 atom stereocenters. The van der Waals surface area contributed by atoms with Crippen molar-refractivity contribution >= 4 is 11.4 Å². The van der Waals surface area contributed by atoms with E-state index in [0.717, 1.165) is 6.54 Å². The molecule has 0 fully saturated rings. The van der Waals surface area contributed by atoms with E-state index in [-0.39, 0.29) is 0 Å². The molecule has 1 heterocycles. The molecule has 2 heteroatoms. The number of aryl methyl sites for hydroxylation is 1. The molecule has 1 unspecified atom stereocenters. The third-order valence-electron chi connectivity index (χ3n) is 2.92. The Bertz CT molecular complexity index is 331. The molecular weight excluding hydrogens is 172 g/mol. The Morgan fingerprint density at radius 2 is 2.14 bits per heavy atom. The number of hydrogen-bond donors (Lipinski definition) is 2. The van der Waals surface area contributed by atoms with Crippen LogP contribution in [0.2, 0.25) is 0 Å². The second-order valence-electron chi connectivity index (χ2n) is 4.37. The van der Waals surface area contributed by atoms with Crippen molar-refractivity contribution in [1.82, 2.24) is 0 Å². The fourth-order valence-corrected chi connectivity index (χ4v) is 1.87. The zero-order valence-electron chi connectivity index (χ0n) is 9.09. The maximum Gasteiger partial charge on any atom is 0.0608 e. The summed E-state index contributed by atoms with van der Waals surface area (Å²) in [6.45, 7) is 7.68. The highest BCUT2D eigenvalue weighted by Gasteiger charge is 2.20. The normalized spacial score (nSPS) is 19.9. The lowest BCUT2D eigenvalue weighted by molar-refractivity contribution is 0.536. The van der Waals surface area contributed by atoms with Gasteiger partial charge in [0.1, 0.15) is 0 Å². The van der Waals surface area contributed by atoms with Crippen molar-refractivity contribution in [3.05, 3.63) is 23.8 Å². The summed E-state index contributed by atoms with van der Waals surface area (Å²) in [6, 6.07) is 6.92. The third-order valence-corrected chi connectivity index (χ3v) is 2.92. The van der Waals surface area contributed by atoms with Gasteiger partial charge in [-0.15, -0.1) is 0 Å². The number of anilines is 2. The van der Waals surface area contributed by atoms with Crippen molar-refractivity contribution in [3.8, 4) is 0 Å². The van der Waals surface area contributed by atoms with E-state index in [9.17, 15) is 0 Å². The number of para-hydroxylation sites is 1. The van der Waals surface area contributed by atoms with Gasteiger partial charge in [-0.2, -0.15) is 0 Å². The lowest BCUT2D eigenvalue weighted by atomic mass is 10.00. The van der Waals surface area contributed by atoms with E-state index in [1.807, 2.05) is 0 Å². The molecule has 0 saturated carbocycles. The first-order chi connectivity index (χ1) is 6.68. The lowest BCUT2D eigenvalue weighted by Gasteiger charge is -2.32. The van der Waals surface area contributed by atoms with Crippen LogP contribution < -0.4 is 10.6 Å². The quantitative estimate of drug-likeness (QED) is 0.711. The fourth-order valence-electron chi connectivity index (χ4n) is 1.87. The van der Waals surface area contributed by atoms with Crippen LogP contribution >= 0.6 is 0 Å². The Balaban J connectivity index is 2.29. The fraction of sp³-hybridized carbons (Fsp3) is 0.500. The molecule has 0 aromatic heterocycles. The van der Waals surface area contributed by atoms with E-state index >= 15 is 0 Å². The van der Waals surface area contributed by atoms with Crippen molar-refractivity contribution in [2.75, 3.05) is 17.2 Å². The van der Waals surface area contributed by atoms with E-state index in [2.05, 4.69) is 49.6 Å². The maximum absolute atomic E-state index is 3.60. The van der Waals surface area contributed by atoms with Gasteiger partial charge >= 0.3 is 0 Å². The monoisotopic (exact) mass is 190 g/mol. The van der Waals surface area contributed by atoms with E-state index < -0.39 is 0 Å². The van der Waals surface area contributed by atoms with Crippen molar-refractivity contribution in [2.45, 2.75) is 26.8 Å². The summed E-state index contributed by atoms with van der Waals surface area (Å²) in [5.74, 6) is 0.662. The molecular formula is C12H18N2. The SMILES string of the molecule is Cc1cccc2c1NC(C(C)C)CN2. The van der Waals surface area contributed by atoms with Crippen molar-refractivity contribution in [1.29, 1.82) is 0 Å². The first-order valence-electron chi connectivity index (χ1n) is 5.28. The van der Waals surface area contributed by atoms with Crippen LogP contribution in [0, 0.1) is 12.8 Å². The Morgan fingerprint density at radius 1 is 1.36 bits per heavy atom. The van der Waals surface area contributed by atoms with Crippen LogP contribution in [0.1, 0.15) is 19.4 Å². The zero-order valence-corrected chi connectivity index (χ0v) is 9.09. The first-order valence-corrected chi connectivity index (χ1v) is 5.28. The summed E-state index contributed by atoms with van der Waals surface area (Å²) in [5, 5.41) is 7.07. The van der Waals surface area contributed by atoms with Gasteiger partial charge in [0.05, 0.1) is 11.4 Å². The average Bonchev–Trinajstić information content (AvgIpc) is 2.18. The van der Waals surface area contributed by atoms with Gasteiger partial charge in [-0.3, -0.25) is 0 Å². The summed E-state index contributed by atoms with van der Waals surface area (Å²) in [5.41, 5.74) is 3.83. The van der Waals surface area contributed by atoms with Crippen LogP contribution in [0.5, 0.6) is 0 Å². The third kappa shape index (κ3) is 1.57.